The third kappa shape index (κ3) is 13.9. The summed E-state index contributed by atoms with van der Waals surface area (Å²) in [4.78, 5) is 22.1. The summed E-state index contributed by atoms with van der Waals surface area (Å²) in [6.45, 7) is 6.31. The van der Waals surface area contributed by atoms with E-state index in [-0.39, 0.29) is 23.9 Å². The molecule has 1 rings (SSSR count). The highest BCUT2D eigenvalue weighted by molar-refractivity contribution is 5.75. The summed E-state index contributed by atoms with van der Waals surface area (Å²) in [6.07, 6.45) is 16.4. The van der Waals surface area contributed by atoms with Crippen LogP contribution in [-0.2, 0) is 14.3 Å². The average Bonchev–Trinajstić information content (AvgIpc) is 2.76. The molecule has 4 N–H and O–H groups in total. The first-order valence-corrected chi connectivity index (χ1v) is 12.8. The Bertz CT molecular complexity index is 534. The number of aliphatic hydroxyl groups excluding tert-OH is 1. The van der Waals surface area contributed by atoms with Crippen molar-refractivity contribution in [3.05, 3.63) is 11.6 Å². The van der Waals surface area contributed by atoms with Gasteiger partial charge in [-0.2, -0.15) is 0 Å². The molecule has 0 aromatic carbocycles. The van der Waals surface area contributed by atoms with Crippen LogP contribution in [-0.4, -0.2) is 36.3 Å². The number of methoxy groups -OCH3 is 1. The maximum absolute atomic E-state index is 12.1. The number of hydrogen-bond acceptors (Lipinski definition) is 5. The highest BCUT2D eigenvalue weighted by Crippen LogP contribution is 2.29. The van der Waals surface area contributed by atoms with Crippen molar-refractivity contribution in [1.82, 2.24) is 0 Å². The second-order valence-electron chi connectivity index (χ2n) is 9.24. The molecule has 0 spiro atoms. The first-order chi connectivity index (χ1) is 15.3. The number of hydrogen-bond donors (Lipinski definition) is 2. The maximum atomic E-state index is 12.1. The zero-order valence-corrected chi connectivity index (χ0v) is 21.1. The topological polar surface area (TPSA) is 114 Å². The number of carbonyl (C=O) groups excluding carboxylic acids is 2. The van der Waals surface area contributed by atoms with Crippen molar-refractivity contribution in [1.29, 1.82) is 0 Å². The van der Waals surface area contributed by atoms with E-state index in [2.05, 4.69) is 25.7 Å². The van der Waals surface area contributed by atoms with Crippen LogP contribution in [0.1, 0.15) is 111 Å². The normalized spacial score (nSPS) is 20.8. The van der Waals surface area contributed by atoms with Crippen molar-refractivity contribution in [2.75, 3.05) is 7.11 Å². The van der Waals surface area contributed by atoms with Gasteiger partial charge in [0.2, 0.25) is 0 Å². The van der Waals surface area contributed by atoms with Gasteiger partial charge in [0.25, 0.3) is 0 Å². The van der Waals surface area contributed by atoms with Gasteiger partial charge in [-0.15, -0.1) is 0 Å². The molecule has 0 saturated heterocycles. The number of ether oxygens (including phenoxy) is 1. The first-order valence-electron chi connectivity index (χ1n) is 12.8. The largest absolute Gasteiger partial charge is 0.544 e. The standard InChI is InChI=1S/C20H36O3.C6H13NO2/c1-4-5-8-13-19(21)16(2)14-15-17-11-9-6-7-10-12-18(17)20(22)23-3;1-2-3-4-5(7)6(8)9/h15-16,18-19,21H,4-14H2,1-3H3;5H,2-4,7H2,1H3,(H,8,9). The number of carboxylic acid groups (broad SMARTS) is 1. The van der Waals surface area contributed by atoms with E-state index in [0.717, 1.165) is 57.8 Å². The minimum Gasteiger partial charge on any atom is -0.544 e. The van der Waals surface area contributed by atoms with Gasteiger partial charge in [0.1, 0.15) is 6.04 Å². The number of esters is 1. The van der Waals surface area contributed by atoms with Crippen molar-refractivity contribution in [3.63, 3.8) is 0 Å². The second kappa shape index (κ2) is 19.1. The average molecular weight is 456 g/mol. The fourth-order valence-corrected chi connectivity index (χ4v) is 4.00. The van der Waals surface area contributed by atoms with Crippen molar-refractivity contribution < 1.29 is 30.3 Å². The van der Waals surface area contributed by atoms with Crippen molar-refractivity contribution >= 4 is 11.9 Å². The molecule has 0 aliphatic heterocycles. The molecule has 4 atom stereocenters. The number of carbonyl (C=O) groups is 2. The maximum Gasteiger partial charge on any atom is 0.312 e. The van der Waals surface area contributed by atoms with Gasteiger partial charge in [-0.3, -0.25) is 4.79 Å². The summed E-state index contributed by atoms with van der Waals surface area (Å²) in [5.41, 5.74) is 4.65. The summed E-state index contributed by atoms with van der Waals surface area (Å²) >= 11 is 0. The Labute approximate surface area is 196 Å². The molecule has 1 saturated carbocycles. The molecule has 4 unspecified atom stereocenters. The van der Waals surface area contributed by atoms with E-state index in [4.69, 9.17) is 4.74 Å². The molecule has 0 heterocycles. The van der Waals surface area contributed by atoms with E-state index in [1.54, 1.807) is 0 Å². The Balaban J connectivity index is 0.000000900. The summed E-state index contributed by atoms with van der Waals surface area (Å²) in [6, 6.07) is -0.523. The monoisotopic (exact) mass is 455 g/mol. The van der Waals surface area contributed by atoms with Crippen LogP contribution in [0.2, 0.25) is 0 Å². The SMILES string of the molecule is CCCCC([NH3+])C(=O)[O-].CCCCCC(O)C(C)CC=C1CCCCCCC1C(=O)OC. The molecule has 1 aliphatic carbocycles. The molecule has 6 heteroatoms. The summed E-state index contributed by atoms with van der Waals surface area (Å²) in [7, 11) is 1.48. The molecule has 0 aromatic rings. The van der Waals surface area contributed by atoms with Crippen LogP contribution in [0.3, 0.4) is 0 Å². The predicted molar refractivity (Wildman–Crippen MR) is 126 cm³/mol. The molecular formula is C26H49NO5. The van der Waals surface area contributed by atoms with Gasteiger partial charge >= 0.3 is 5.97 Å². The highest BCUT2D eigenvalue weighted by Gasteiger charge is 2.24. The van der Waals surface area contributed by atoms with Crippen LogP contribution < -0.4 is 10.8 Å². The summed E-state index contributed by atoms with van der Waals surface area (Å²) < 4.78 is 5.01. The Morgan fingerprint density at radius 1 is 1.12 bits per heavy atom. The number of allylic oxidation sites excluding steroid dienone is 1. The van der Waals surface area contributed by atoms with Crippen LogP contribution in [0.5, 0.6) is 0 Å². The van der Waals surface area contributed by atoms with E-state index in [9.17, 15) is 19.8 Å². The van der Waals surface area contributed by atoms with Crippen molar-refractivity contribution in [2.45, 2.75) is 123 Å². The highest BCUT2D eigenvalue weighted by atomic mass is 16.5. The number of carboxylic acids is 1. The third-order valence-electron chi connectivity index (χ3n) is 6.39. The lowest BCUT2D eigenvalue weighted by Crippen LogP contribution is -2.68. The van der Waals surface area contributed by atoms with Crippen LogP contribution in [0.25, 0.3) is 0 Å². The lowest BCUT2D eigenvalue weighted by Gasteiger charge is -2.23. The van der Waals surface area contributed by atoms with Crippen LogP contribution in [0.15, 0.2) is 11.6 Å². The number of quaternary nitrogens is 1. The van der Waals surface area contributed by atoms with Gasteiger partial charge in [-0.1, -0.05) is 77.4 Å². The quantitative estimate of drug-likeness (QED) is 0.265. The number of unbranched alkanes of at least 4 members (excludes halogenated alkanes) is 3. The lowest BCUT2D eigenvalue weighted by molar-refractivity contribution is -0.438. The van der Waals surface area contributed by atoms with Gasteiger partial charge < -0.3 is 25.5 Å². The molecule has 188 valence electrons. The van der Waals surface area contributed by atoms with Gasteiger partial charge in [0.15, 0.2) is 0 Å². The summed E-state index contributed by atoms with van der Waals surface area (Å²) in [5.74, 6) is -0.939. The molecule has 0 amide bonds. The van der Waals surface area contributed by atoms with Crippen molar-refractivity contribution in [3.8, 4) is 0 Å². The third-order valence-corrected chi connectivity index (χ3v) is 6.39. The molecule has 0 aromatic heterocycles. The number of aliphatic carboxylic acids is 1. The van der Waals surface area contributed by atoms with Crippen LogP contribution in [0, 0.1) is 11.8 Å². The Kier molecular flexibility index (Phi) is 18.3. The fraction of sp³-hybridized carbons (Fsp3) is 0.846. The smallest absolute Gasteiger partial charge is 0.312 e. The minimum absolute atomic E-state index is 0.0651. The van der Waals surface area contributed by atoms with Gasteiger partial charge in [-0.05, 0) is 44.4 Å². The molecule has 1 aliphatic rings. The second-order valence-corrected chi connectivity index (χ2v) is 9.24. The molecular weight excluding hydrogens is 406 g/mol. The van der Waals surface area contributed by atoms with Crippen molar-refractivity contribution in [2.24, 2.45) is 11.8 Å². The van der Waals surface area contributed by atoms with Gasteiger partial charge in [-0.25, -0.2) is 0 Å². The molecule has 1 fully saturated rings. The summed E-state index contributed by atoms with van der Waals surface area (Å²) in [5, 5.41) is 20.3. The van der Waals surface area contributed by atoms with Crippen LogP contribution >= 0.6 is 0 Å². The van der Waals surface area contributed by atoms with E-state index in [1.165, 1.54) is 38.4 Å². The van der Waals surface area contributed by atoms with E-state index >= 15 is 0 Å². The van der Waals surface area contributed by atoms with E-state index in [0.29, 0.717) is 6.42 Å². The Morgan fingerprint density at radius 3 is 2.38 bits per heavy atom. The predicted octanol–water partition coefficient (Wildman–Crippen LogP) is 3.56. The number of rotatable bonds is 12. The zero-order valence-electron chi connectivity index (χ0n) is 21.1. The molecule has 6 nitrogen and oxygen atoms in total. The first kappa shape index (κ1) is 30.6. The van der Waals surface area contributed by atoms with E-state index in [1.807, 2.05) is 6.92 Å². The fourth-order valence-electron chi connectivity index (χ4n) is 4.00. The Morgan fingerprint density at radius 2 is 1.78 bits per heavy atom. The minimum atomic E-state index is -1.04. The molecule has 32 heavy (non-hydrogen) atoms. The Hall–Kier alpha value is -1.40. The van der Waals surface area contributed by atoms with Gasteiger partial charge in [0, 0.05) is 6.42 Å². The number of aliphatic hydroxyl groups is 1. The molecule has 0 bridgehead atoms. The van der Waals surface area contributed by atoms with E-state index < -0.39 is 12.0 Å². The molecule has 0 radical (unpaired) electrons. The zero-order chi connectivity index (χ0) is 24.4. The van der Waals surface area contributed by atoms with Crippen LogP contribution in [0.4, 0.5) is 0 Å². The lowest BCUT2D eigenvalue weighted by atomic mass is 9.84. The van der Waals surface area contributed by atoms with Gasteiger partial charge in [0.05, 0.1) is 25.1 Å².